The van der Waals surface area contributed by atoms with Gasteiger partial charge in [0.25, 0.3) is 0 Å². The molecule has 0 saturated carbocycles. The van der Waals surface area contributed by atoms with Gasteiger partial charge in [0.2, 0.25) is 0 Å². The second kappa shape index (κ2) is 4.60. The van der Waals surface area contributed by atoms with Crippen LogP contribution < -0.4 is 18.9 Å². The first-order valence-electron chi connectivity index (χ1n) is 2.44. The summed E-state index contributed by atoms with van der Waals surface area (Å²) >= 11 is 0. The Balaban J connectivity index is -0.000000163. The average Bonchev–Trinajstić information content (AvgIpc) is 1.79. The number of carbonyl (C=O) groups is 1. The predicted octanol–water partition coefficient (Wildman–Crippen LogP) is 0.786. The second-order valence-corrected chi connectivity index (χ2v) is 3.53. The Bertz CT molecular complexity index is 168. The van der Waals surface area contributed by atoms with E-state index in [1.165, 1.54) is 14.2 Å². The molecule has 0 aliphatic carbocycles. The van der Waals surface area contributed by atoms with Gasteiger partial charge in [-0.3, -0.25) is 0 Å². The number of hydrogen-bond donors (Lipinski definition) is 0. The van der Waals surface area contributed by atoms with Gasteiger partial charge in [-0.2, -0.15) is 0 Å². The molecule has 0 radical (unpaired) electrons. The Morgan fingerprint density at radius 2 is 1.07 bits per heavy atom. The smallest absolute Gasteiger partial charge is 1.00 e. The maximum atomic E-state index is 9.87. The van der Waals surface area contributed by atoms with Crippen LogP contribution in [0.3, 0.4) is 0 Å². The first kappa shape index (κ1) is 19.4. The van der Waals surface area contributed by atoms with E-state index in [9.17, 15) is 30.0 Å². The number of ether oxygens (including phenoxy) is 2. The summed E-state index contributed by atoms with van der Waals surface area (Å²) < 4.78 is 67.3. The monoisotopic (exact) mass is 242 g/mol. The summed E-state index contributed by atoms with van der Waals surface area (Å²) in [6.07, 6.45) is -0.657. The number of methoxy groups -OCH3 is 2. The van der Waals surface area contributed by atoms with Crippen molar-refractivity contribution in [1.29, 1.82) is 0 Å². The van der Waals surface area contributed by atoms with Gasteiger partial charge < -0.3 is 9.47 Å². The van der Waals surface area contributed by atoms with Gasteiger partial charge in [0.15, 0.2) is 0 Å². The molecule has 0 atom stereocenters. The molecule has 0 amide bonds. The summed E-state index contributed by atoms with van der Waals surface area (Å²) in [5.41, 5.74) is 0. The zero-order valence-corrected chi connectivity index (χ0v) is 8.33. The van der Waals surface area contributed by atoms with E-state index in [1.54, 1.807) is 0 Å². The van der Waals surface area contributed by atoms with Crippen molar-refractivity contribution >= 4 is 14.0 Å². The Morgan fingerprint density at radius 3 is 1.07 bits per heavy atom. The summed E-state index contributed by atoms with van der Waals surface area (Å²) in [5, 5.41) is 0. The normalized spacial score (nSPS) is 14.6. The quantitative estimate of drug-likeness (QED) is 0.272. The van der Waals surface area contributed by atoms with Crippen molar-refractivity contribution < 1.29 is 58.3 Å². The molecule has 0 aromatic rings. The summed E-state index contributed by atoms with van der Waals surface area (Å²) in [4.78, 5) is 9.74. The Hall–Kier alpha value is -0.123. The molecule has 0 saturated heterocycles. The molecular weight excluding hydrogens is 236 g/mol. The molecule has 0 fully saturated rings. The van der Waals surface area contributed by atoms with Crippen LogP contribution in [0.25, 0.3) is 0 Å². The fraction of sp³-hybridized carbons (Fsp3) is 0.667. The summed E-state index contributed by atoms with van der Waals surface area (Å²) in [6.45, 7) is 0. The van der Waals surface area contributed by atoms with E-state index in [4.69, 9.17) is 0 Å². The largest absolute Gasteiger partial charge is 1.00 e. The molecule has 0 spiro atoms. The summed E-state index contributed by atoms with van der Waals surface area (Å²) in [6, 6.07) is 0. The molecule has 0 bridgehead atoms. The molecule has 84 valence electrons. The van der Waals surface area contributed by atoms with Gasteiger partial charge >= 0.3 is 58.0 Å². The van der Waals surface area contributed by atoms with E-state index in [1.807, 2.05) is 0 Å². The van der Waals surface area contributed by atoms with Crippen molar-refractivity contribution in [1.82, 2.24) is 0 Å². The molecule has 0 N–H and O–H groups in total. The van der Waals surface area contributed by atoms with Gasteiger partial charge in [-0.1, -0.05) is 0 Å². The number of rotatable bonds is 0. The van der Waals surface area contributed by atoms with Crippen molar-refractivity contribution in [2.24, 2.45) is 0 Å². The van der Waals surface area contributed by atoms with E-state index in [2.05, 4.69) is 9.47 Å². The van der Waals surface area contributed by atoms with Crippen molar-refractivity contribution in [2.75, 3.05) is 14.2 Å². The van der Waals surface area contributed by atoms with Crippen LogP contribution in [-0.4, -0.2) is 20.4 Å². The molecule has 3 nitrogen and oxygen atoms in total. The van der Waals surface area contributed by atoms with Crippen LogP contribution in [-0.2, 0) is 9.47 Å². The Morgan fingerprint density at radius 1 is 0.929 bits per heavy atom. The van der Waals surface area contributed by atoms with E-state index in [-0.39, 0.29) is 18.9 Å². The predicted molar refractivity (Wildman–Crippen MR) is 33.0 cm³/mol. The first-order valence-corrected chi connectivity index (χ1v) is 4.47. The Labute approximate surface area is 87.1 Å². The van der Waals surface area contributed by atoms with Gasteiger partial charge in [-0.15, -0.1) is 0 Å². The van der Waals surface area contributed by atoms with Crippen LogP contribution in [0.2, 0.25) is 0 Å². The molecule has 0 heterocycles. The fourth-order valence-electron chi connectivity index (χ4n) is 0.0833. The van der Waals surface area contributed by atoms with Crippen LogP contribution in [0.5, 0.6) is 0 Å². The molecule has 0 aliphatic rings. The van der Waals surface area contributed by atoms with Crippen molar-refractivity contribution in [3.8, 4) is 0 Å². The zero-order valence-electron chi connectivity index (χ0n) is 7.44. The third-order valence-electron chi connectivity index (χ3n) is 0.333. The number of halogens is 6. The van der Waals surface area contributed by atoms with Crippen molar-refractivity contribution in [2.45, 2.75) is 0 Å². The minimum atomic E-state index is -10.7. The SMILES string of the molecule is COC(=O)OC.F[P-](F)(F)(F)(F)F.[Li+]. The van der Waals surface area contributed by atoms with E-state index in [0.29, 0.717) is 0 Å². The molecule has 14 heavy (non-hydrogen) atoms. The van der Waals surface area contributed by atoms with Crippen LogP contribution >= 0.6 is 7.81 Å². The van der Waals surface area contributed by atoms with Gasteiger partial charge in [0.05, 0.1) is 14.2 Å². The average molecular weight is 242 g/mol. The minimum absolute atomic E-state index is 0. The third-order valence-corrected chi connectivity index (χ3v) is 0.333. The van der Waals surface area contributed by atoms with Crippen LogP contribution in [0, 0.1) is 0 Å². The molecule has 0 rings (SSSR count). The van der Waals surface area contributed by atoms with Crippen LogP contribution in [0.15, 0.2) is 0 Å². The van der Waals surface area contributed by atoms with E-state index in [0.717, 1.165) is 0 Å². The van der Waals surface area contributed by atoms with Gasteiger partial charge in [0, 0.05) is 0 Å². The molecule has 0 aliphatic heterocycles. The molecule has 11 heteroatoms. The maximum Gasteiger partial charge on any atom is 1.00 e. The summed E-state index contributed by atoms with van der Waals surface area (Å²) in [7, 11) is -8.15. The first-order chi connectivity index (χ1) is 5.26. The molecule has 0 aromatic carbocycles. The van der Waals surface area contributed by atoms with E-state index >= 15 is 0 Å². The zero-order chi connectivity index (χ0) is 11.4. The maximum absolute atomic E-state index is 10.7. The van der Waals surface area contributed by atoms with E-state index < -0.39 is 14.0 Å². The van der Waals surface area contributed by atoms with Gasteiger partial charge in [-0.25, -0.2) is 4.79 Å². The Kier molecular flexibility index (Phi) is 6.39. The number of carbonyl (C=O) groups excluding carboxylic acids is 1. The fourth-order valence-corrected chi connectivity index (χ4v) is 0.0833. The standard InChI is InChI=1S/C3H6O3.F6P.Li/c1-5-3(4)6-2;1-7(2,3,4,5)6;/h1-2H3;;/q;-1;+1. The third kappa shape index (κ3) is 93.5. The second-order valence-electron chi connectivity index (χ2n) is 1.62. The van der Waals surface area contributed by atoms with Crippen molar-refractivity contribution in [3.05, 3.63) is 0 Å². The van der Waals surface area contributed by atoms with Gasteiger partial charge in [0.1, 0.15) is 0 Å². The van der Waals surface area contributed by atoms with Crippen LogP contribution in [0.1, 0.15) is 0 Å². The molecule has 0 aromatic heterocycles. The molecule has 0 unspecified atom stereocenters. The topological polar surface area (TPSA) is 35.5 Å². The minimum Gasteiger partial charge on any atom is 1.00 e. The van der Waals surface area contributed by atoms with Gasteiger partial charge in [-0.05, 0) is 0 Å². The molecular formula is C3H6F6LiO3P. The van der Waals surface area contributed by atoms with Crippen molar-refractivity contribution in [3.63, 3.8) is 0 Å². The van der Waals surface area contributed by atoms with Crippen LogP contribution in [0.4, 0.5) is 30.0 Å². The number of hydrogen-bond acceptors (Lipinski definition) is 3. The summed E-state index contributed by atoms with van der Waals surface area (Å²) in [5.74, 6) is 0.